The van der Waals surface area contributed by atoms with E-state index in [9.17, 15) is 24.3 Å². The number of hydrogen-bond donors (Lipinski definition) is 1. The number of carbonyl (C=O) groups excluding carboxylic acids is 4. The Bertz CT molecular complexity index is 1470. The van der Waals surface area contributed by atoms with E-state index in [-0.39, 0.29) is 6.61 Å². The van der Waals surface area contributed by atoms with E-state index in [0.29, 0.717) is 5.71 Å². The van der Waals surface area contributed by atoms with Crippen molar-refractivity contribution in [2.24, 2.45) is 4.99 Å². The number of nitrogens with zero attached hydrogens (tertiary/aromatic N) is 1. The molecule has 1 aliphatic heterocycles. The van der Waals surface area contributed by atoms with Crippen LogP contribution >= 0.6 is 0 Å². The maximum atomic E-state index is 13.6. The molecule has 4 rings (SSSR count). The molecule has 0 radical (unpaired) electrons. The third-order valence-corrected chi connectivity index (χ3v) is 6.97. The van der Waals surface area contributed by atoms with Gasteiger partial charge in [-0.2, -0.15) is 0 Å². The molecule has 1 fully saturated rings. The van der Waals surface area contributed by atoms with Gasteiger partial charge in [0.1, 0.15) is 12.7 Å². The molecule has 47 heavy (non-hydrogen) atoms. The molecule has 1 heterocycles. The number of aliphatic hydroxyl groups is 1. The van der Waals surface area contributed by atoms with Crippen LogP contribution in [0, 0.1) is 0 Å². The first-order valence-corrected chi connectivity index (χ1v) is 14.9. The van der Waals surface area contributed by atoms with Gasteiger partial charge in [-0.25, -0.2) is 4.79 Å². The predicted molar refractivity (Wildman–Crippen MR) is 167 cm³/mol. The van der Waals surface area contributed by atoms with Gasteiger partial charge in [0.05, 0.1) is 18.9 Å². The standard InChI is InChI=1S/C35H37NO11/c1-22(38)44-31-29(19-37)47-35(33(46-24(3)40)32(31)45-23(2)39)43-21-28(34(41)42-20-25-13-7-4-8-14-25)36-30(26-15-9-5-10-16-26)27-17-11-6-12-18-27/h4-18,28-29,31-33,35,37H,19-21H2,1-3H3/t28-,29+,31-,32-,33+,35+/m0/s1. The van der Waals surface area contributed by atoms with Crippen LogP contribution in [0.1, 0.15) is 37.5 Å². The first kappa shape index (κ1) is 35.0. The van der Waals surface area contributed by atoms with E-state index in [2.05, 4.69) is 0 Å². The summed E-state index contributed by atoms with van der Waals surface area (Å²) in [6.45, 7) is 2.23. The van der Waals surface area contributed by atoms with E-state index in [0.717, 1.165) is 37.5 Å². The minimum absolute atomic E-state index is 0.0289. The molecular weight excluding hydrogens is 610 g/mol. The molecule has 0 bridgehead atoms. The highest BCUT2D eigenvalue weighted by atomic mass is 16.7. The zero-order valence-electron chi connectivity index (χ0n) is 26.2. The van der Waals surface area contributed by atoms with Gasteiger partial charge < -0.3 is 33.5 Å². The lowest BCUT2D eigenvalue weighted by Crippen LogP contribution is -2.63. The summed E-state index contributed by atoms with van der Waals surface area (Å²) in [6.07, 6.45) is -6.92. The minimum atomic E-state index is -1.48. The second kappa shape index (κ2) is 17.1. The normalized spacial score (nSPS) is 21.1. The van der Waals surface area contributed by atoms with Crippen molar-refractivity contribution in [1.29, 1.82) is 0 Å². The number of benzene rings is 3. The number of rotatable bonds is 13. The van der Waals surface area contributed by atoms with Gasteiger partial charge in [0.15, 0.2) is 30.6 Å². The molecule has 1 N–H and O–H groups in total. The van der Waals surface area contributed by atoms with E-state index in [1.165, 1.54) is 0 Å². The van der Waals surface area contributed by atoms with Crippen molar-refractivity contribution in [2.45, 2.75) is 64.1 Å². The Kier molecular flexibility index (Phi) is 12.7. The molecular formula is C35H37NO11. The quantitative estimate of drug-likeness (QED) is 0.165. The van der Waals surface area contributed by atoms with Gasteiger partial charge >= 0.3 is 23.9 Å². The molecule has 0 aliphatic carbocycles. The lowest BCUT2D eigenvalue weighted by molar-refractivity contribution is -0.308. The van der Waals surface area contributed by atoms with Crippen LogP contribution in [0.15, 0.2) is 96.0 Å². The van der Waals surface area contributed by atoms with Crippen molar-refractivity contribution in [3.8, 4) is 0 Å². The van der Waals surface area contributed by atoms with Crippen LogP contribution in [0.3, 0.4) is 0 Å². The lowest BCUT2D eigenvalue weighted by Gasteiger charge is -2.43. The van der Waals surface area contributed by atoms with Crippen molar-refractivity contribution in [3.05, 3.63) is 108 Å². The zero-order chi connectivity index (χ0) is 33.8. The molecule has 3 aromatic rings. The largest absolute Gasteiger partial charge is 0.459 e. The highest BCUT2D eigenvalue weighted by Crippen LogP contribution is 2.30. The van der Waals surface area contributed by atoms with Crippen molar-refractivity contribution in [2.75, 3.05) is 13.2 Å². The van der Waals surface area contributed by atoms with Gasteiger partial charge in [-0.05, 0) is 5.56 Å². The summed E-state index contributed by atoms with van der Waals surface area (Å²) in [7, 11) is 0. The fraction of sp³-hybridized carbons (Fsp3) is 0.343. The SMILES string of the molecule is CC(=O)O[C@H]1[C@@H](OC(C)=O)[C@@H](CO)O[C@@H](OC[C@H](N=C(c2ccccc2)c2ccccc2)C(=O)OCc2ccccc2)[C@@H]1OC(C)=O. The number of esters is 4. The first-order chi connectivity index (χ1) is 22.7. The summed E-state index contributed by atoms with van der Waals surface area (Å²) in [5, 5.41) is 10.1. The summed E-state index contributed by atoms with van der Waals surface area (Å²) in [5.41, 5.74) is 2.70. The Morgan fingerprint density at radius 1 is 0.723 bits per heavy atom. The van der Waals surface area contributed by atoms with Crippen LogP contribution in [-0.2, 0) is 54.2 Å². The zero-order valence-corrected chi connectivity index (χ0v) is 26.2. The highest BCUT2D eigenvalue weighted by Gasteiger charge is 2.52. The Morgan fingerprint density at radius 2 is 1.21 bits per heavy atom. The fourth-order valence-corrected chi connectivity index (χ4v) is 4.97. The van der Waals surface area contributed by atoms with Gasteiger partial charge in [0, 0.05) is 31.9 Å². The first-order valence-electron chi connectivity index (χ1n) is 14.9. The van der Waals surface area contributed by atoms with Crippen LogP contribution in [0.2, 0.25) is 0 Å². The highest BCUT2D eigenvalue weighted by molar-refractivity contribution is 6.13. The van der Waals surface area contributed by atoms with E-state index >= 15 is 0 Å². The van der Waals surface area contributed by atoms with Crippen LogP contribution < -0.4 is 0 Å². The second-order valence-electron chi connectivity index (χ2n) is 10.6. The Morgan fingerprint density at radius 3 is 1.72 bits per heavy atom. The molecule has 0 aromatic heterocycles. The monoisotopic (exact) mass is 647 g/mol. The van der Waals surface area contributed by atoms with Crippen LogP contribution in [0.5, 0.6) is 0 Å². The van der Waals surface area contributed by atoms with E-state index < -0.39 is 73.8 Å². The summed E-state index contributed by atoms with van der Waals surface area (Å²) in [6, 6.07) is 26.3. The lowest BCUT2D eigenvalue weighted by atomic mass is 9.98. The topological polar surface area (TPSA) is 156 Å². The number of carbonyl (C=O) groups is 4. The molecule has 1 aliphatic rings. The van der Waals surface area contributed by atoms with Gasteiger partial charge in [0.2, 0.25) is 0 Å². The predicted octanol–water partition coefficient (Wildman–Crippen LogP) is 3.16. The Labute approximate surface area is 272 Å². The summed E-state index contributed by atoms with van der Waals surface area (Å²) in [5.74, 6) is -3.02. The van der Waals surface area contributed by atoms with E-state index in [1.807, 2.05) is 91.0 Å². The number of aliphatic imine (C=N–C) groups is 1. The second-order valence-corrected chi connectivity index (χ2v) is 10.6. The van der Waals surface area contributed by atoms with E-state index in [4.69, 9.17) is 33.4 Å². The van der Waals surface area contributed by atoms with Gasteiger partial charge in [-0.1, -0.05) is 91.0 Å². The Hall–Kier alpha value is -4.91. The van der Waals surface area contributed by atoms with E-state index in [1.54, 1.807) is 0 Å². The molecule has 6 atom stereocenters. The summed E-state index contributed by atoms with van der Waals surface area (Å²) < 4.78 is 33.8. The third kappa shape index (κ3) is 10.0. The van der Waals surface area contributed by atoms with Crippen LogP contribution in [0.25, 0.3) is 0 Å². The molecule has 248 valence electrons. The van der Waals surface area contributed by atoms with Crippen LogP contribution in [-0.4, -0.2) is 84.7 Å². The molecule has 12 heteroatoms. The number of ether oxygens (including phenoxy) is 6. The number of aliphatic hydroxyl groups excluding tert-OH is 1. The molecule has 12 nitrogen and oxygen atoms in total. The molecule has 0 spiro atoms. The molecule has 0 unspecified atom stereocenters. The molecule has 0 amide bonds. The maximum Gasteiger partial charge on any atom is 0.333 e. The van der Waals surface area contributed by atoms with Gasteiger partial charge in [-0.15, -0.1) is 0 Å². The van der Waals surface area contributed by atoms with Crippen molar-refractivity contribution in [1.82, 2.24) is 0 Å². The number of hydrogen-bond acceptors (Lipinski definition) is 12. The summed E-state index contributed by atoms with van der Waals surface area (Å²) in [4.78, 5) is 54.6. The average Bonchev–Trinajstić information content (AvgIpc) is 3.06. The maximum absolute atomic E-state index is 13.6. The van der Waals surface area contributed by atoms with Crippen LogP contribution in [0.4, 0.5) is 0 Å². The van der Waals surface area contributed by atoms with Gasteiger partial charge in [0.25, 0.3) is 0 Å². The van der Waals surface area contributed by atoms with Gasteiger partial charge in [-0.3, -0.25) is 19.4 Å². The fourth-order valence-electron chi connectivity index (χ4n) is 4.97. The molecule has 1 saturated heterocycles. The Balaban J connectivity index is 1.70. The van der Waals surface area contributed by atoms with Crippen molar-refractivity contribution in [3.63, 3.8) is 0 Å². The molecule has 3 aromatic carbocycles. The summed E-state index contributed by atoms with van der Waals surface area (Å²) >= 11 is 0. The molecule has 0 saturated carbocycles. The smallest absolute Gasteiger partial charge is 0.333 e. The third-order valence-electron chi connectivity index (χ3n) is 6.97. The van der Waals surface area contributed by atoms with Crippen molar-refractivity contribution < 1.29 is 52.7 Å². The van der Waals surface area contributed by atoms with Crippen molar-refractivity contribution >= 4 is 29.6 Å². The minimum Gasteiger partial charge on any atom is -0.459 e. The average molecular weight is 648 g/mol.